The van der Waals surface area contributed by atoms with E-state index in [4.69, 9.17) is 0 Å². The first-order valence-electron chi connectivity index (χ1n) is 8.41. The average molecular weight is 347 g/mol. The van der Waals surface area contributed by atoms with Gasteiger partial charge in [-0.15, -0.1) is 10.2 Å². The Morgan fingerprint density at radius 3 is 2.71 bits per heavy atom. The first-order valence-corrected chi connectivity index (χ1v) is 9.40. The Morgan fingerprint density at radius 1 is 1.29 bits per heavy atom. The third-order valence-electron chi connectivity index (χ3n) is 3.80. The number of hydrogen-bond acceptors (Lipinski definition) is 4. The number of carbonyl (C=O) groups excluding carboxylic acids is 1. The predicted molar refractivity (Wildman–Crippen MR) is 99.1 cm³/mol. The van der Waals surface area contributed by atoms with Gasteiger partial charge >= 0.3 is 0 Å². The van der Waals surface area contributed by atoms with Crippen molar-refractivity contribution in [2.75, 3.05) is 12.3 Å². The van der Waals surface area contributed by atoms with Crippen molar-refractivity contribution in [3.8, 4) is 11.4 Å². The lowest BCUT2D eigenvalue weighted by Gasteiger charge is -2.09. The molecule has 1 aromatic carbocycles. The summed E-state index contributed by atoms with van der Waals surface area (Å²) >= 11 is 1.44. The zero-order valence-corrected chi connectivity index (χ0v) is 15.7. The highest BCUT2D eigenvalue weighted by Crippen LogP contribution is 2.26. The Balaban J connectivity index is 2.02. The molecule has 0 aliphatic rings. The second-order valence-electron chi connectivity index (χ2n) is 6.19. The van der Waals surface area contributed by atoms with Gasteiger partial charge in [-0.1, -0.05) is 49.9 Å². The molecule has 0 saturated heterocycles. The number of rotatable bonds is 8. The zero-order chi connectivity index (χ0) is 17.5. The summed E-state index contributed by atoms with van der Waals surface area (Å²) in [6, 6.07) is 8.15. The summed E-state index contributed by atoms with van der Waals surface area (Å²) in [5.74, 6) is 1.86. The Labute approximate surface area is 148 Å². The highest BCUT2D eigenvalue weighted by atomic mass is 32.2. The van der Waals surface area contributed by atoms with Crippen molar-refractivity contribution in [3.63, 3.8) is 0 Å². The molecule has 130 valence electrons. The van der Waals surface area contributed by atoms with Crippen LogP contribution in [0, 0.1) is 12.8 Å². The summed E-state index contributed by atoms with van der Waals surface area (Å²) in [6.07, 6.45) is 0.999. The van der Waals surface area contributed by atoms with Gasteiger partial charge < -0.3 is 9.88 Å². The van der Waals surface area contributed by atoms with E-state index in [1.807, 2.05) is 12.1 Å². The van der Waals surface area contributed by atoms with Gasteiger partial charge in [-0.25, -0.2) is 0 Å². The molecule has 0 saturated carbocycles. The number of hydrogen-bond donors (Lipinski definition) is 1. The van der Waals surface area contributed by atoms with Crippen LogP contribution in [0.1, 0.15) is 32.8 Å². The summed E-state index contributed by atoms with van der Waals surface area (Å²) in [6.45, 7) is 9.94. The van der Waals surface area contributed by atoms with E-state index >= 15 is 0 Å². The Hall–Kier alpha value is -1.82. The molecule has 0 aliphatic heterocycles. The van der Waals surface area contributed by atoms with E-state index in [-0.39, 0.29) is 5.91 Å². The second kappa shape index (κ2) is 8.87. The highest BCUT2D eigenvalue weighted by molar-refractivity contribution is 7.99. The van der Waals surface area contributed by atoms with Crippen molar-refractivity contribution in [1.82, 2.24) is 20.1 Å². The number of aromatic nitrogens is 3. The van der Waals surface area contributed by atoms with Crippen LogP contribution in [0.2, 0.25) is 0 Å². The maximum absolute atomic E-state index is 11.9. The van der Waals surface area contributed by atoms with Gasteiger partial charge in [-0.05, 0) is 31.7 Å². The van der Waals surface area contributed by atoms with Gasteiger partial charge in [0.25, 0.3) is 0 Å². The highest BCUT2D eigenvalue weighted by Gasteiger charge is 2.15. The first kappa shape index (κ1) is 18.5. The maximum atomic E-state index is 11.9. The molecule has 2 rings (SSSR count). The quantitative estimate of drug-likeness (QED) is 0.743. The SMILES string of the molecule is CCn1c(SCC(=O)NCCC(C)C)nnc1-c1ccccc1C. The van der Waals surface area contributed by atoms with E-state index in [0.717, 1.165) is 36.1 Å². The van der Waals surface area contributed by atoms with E-state index in [9.17, 15) is 4.79 Å². The van der Waals surface area contributed by atoms with Gasteiger partial charge in [0.05, 0.1) is 5.75 Å². The van der Waals surface area contributed by atoms with Crippen LogP contribution < -0.4 is 5.32 Å². The Bertz CT molecular complexity index is 681. The van der Waals surface area contributed by atoms with E-state index in [1.54, 1.807) is 0 Å². The van der Waals surface area contributed by atoms with Crippen molar-refractivity contribution in [3.05, 3.63) is 29.8 Å². The molecule has 6 heteroatoms. The average Bonchev–Trinajstić information content (AvgIpc) is 2.95. The van der Waals surface area contributed by atoms with Crippen molar-refractivity contribution in [1.29, 1.82) is 0 Å². The molecule has 0 bridgehead atoms. The Morgan fingerprint density at radius 2 is 2.04 bits per heavy atom. The molecule has 1 aromatic heterocycles. The van der Waals surface area contributed by atoms with Gasteiger partial charge in [-0.3, -0.25) is 4.79 Å². The molecule has 2 aromatic rings. The summed E-state index contributed by atoms with van der Waals surface area (Å²) in [4.78, 5) is 11.9. The monoisotopic (exact) mass is 346 g/mol. The third-order valence-corrected chi connectivity index (χ3v) is 4.76. The van der Waals surface area contributed by atoms with E-state index in [2.05, 4.69) is 59.9 Å². The molecular formula is C18H26N4OS. The number of nitrogens with zero attached hydrogens (tertiary/aromatic N) is 3. The van der Waals surface area contributed by atoms with Crippen molar-refractivity contribution in [2.24, 2.45) is 5.92 Å². The molecule has 1 N–H and O–H groups in total. The molecule has 0 unspecified atom stereocenters. The standard InChI is InChI=1S/C18H26N4OS/c1-5-22-17(15-9-7-6-8-14(15)4)20-21-18(22)24-12-16(23)19-11-10-13(2)3/h6-9,13H,5,10-12H2,1-4H3,(H,19,23). The van der Waals surface area contributed by atoms with Crippen LogP contribution in [0.4, 0.5) is 0 Å². The molecule has 5 nitrogen and oxygen atoms in total. The molecule has 24 heavy (non-hydrogen) atoms. The minimum absolute atomic E-state index is 0.0451. The number of thioether (sulfide) groups is 1. The van der Waals surface area contributed by atoms with Gasteiger partial charge in [0.1, 0.15) is 0 Å². The topological polar surface area (TPSA) is 59.8 Å². The van der Waals surface area contributed by atoms with Crippen LogP contribution >= 0.6 is 11.8 Å². The van der Waals surface area contributed by atoms with Crippen molar-refractivity contribution < 1.29 is 4.79 Å². The fraction of sp³-hybridized carbons (Fsp3) is 0.500. The largest absolute Gasteiger partial charge is 0.355 e. The van der Waals surface area contributed by atoms with Gasteiger partial charge in [-0.2, -0.15) is 0 Å². The lowest BCUT2D eigenvalue weighted by Crippen LogP contribution is -2.27. The molecule has 1 heterocycles. The van der Waals surface area contributed by atoms with Crippen molar-refractivity contribution in [2.45, 2.75) is 45.8 Å². The number of benzene rings is 1. The lowest BCUT2D eigenvalue weighted by atomic mass is 10.1. The lowest BCUT2D eigenvalue weighted by molar-refractivity contribution is -0.118. The molecule has 0 atom stereocenters. The maximum Gasteiger partial charge on any atom is 0.230 e. The summed E-state index contributed by atoms with van der Waals surface area (Å²) in [5, 5.41) is 12.4. The fourth-order valence-corrected chi connectivity index (χ4v) is 3.22. The van der Waals surface area contributed by atoms with Crippen LogP contribution in [0.3, 0.4) is 0 Å². The van der Waals surface area contributed by atoms with E-state index in [0.29, 0.717) is 11.7 Å². The fourth-order valence-electron chi connectivity index (χ4n) is 2.38. The smallest absolute Gasteiger partial charge is 0.230 e. The zero-order valence-electron chi connectivity index (χ0n) is 14.9. The third kappa shape index (κ3) is 4.84. The summed E-state index contributed by atoms with van der Waals surface area (Å²) in [5.41, 5.74) is 2.25. The number of carbonyl (C=O) groups is 1. The second-order valence-corrected chi connectivity index (χ2v) is 7.13. The first-order chi connectivity index (χ1) is 11.5. The molecular weight excluding hydrogens is 320 g/mol. The molecule has 1 amide bonds. The predicted octanol–water partition coefficient (Wildman–Crippen LogP) is 3.53. The normalized spacial score (nSPS) is 11.0. The summed E-state index contributed by atoms with van der Waals surface area (Å²) < 4.78 is 2.06. The van der Waals surface area contributed by atoms with Crippen LogP contribution in [0.15, 0.2) is 29.4 Å². The van der Waals surface area contributed by atoms with Gasteiger partial charge in [0.15, 0.2) is 11.0 Å². The number of aryl methyl sites for hydroxylation is 1. The molecule has 0 fully saturated rings. The Kier molecular flexibility index (Phi) is 6.85. The van der Waals surface area contributed by atoms with Crippen LogP contribution in [-0.2, 0) is 11.3 Å². The minimum atomic E-state index is 0.0451. The molecule has 0 spiro atoms. The van der Waals surface area contributed by atoms with Crippen LogP contribution in [-0.4, -0.2) is 33.0 Å². The van der Waals surface area contributed by atoms with Crippen LogP contribution in [0.25, 0.3) is 11.4 Å². The van der Waals surface area contributed by atoms with Gasteiger partial charge in [0.2, 0.25) is 5.91 Å². The molecule has 0 aliphatic carbocycles. The number of nitrogens with one attached hydrogen (secondary N) is 1. The summed E-state index contributed by atoms with van der Waals surface area (Å²) in [7, 11) is 0. The number of amides is 1. The minimum Gasteiger partial charge on any atom is -0.355 e. The van der Waals surface area contributed by atoms with E-state index in [1.165, 1.54) is 17.3 Å². The van der Waals surface area contributed by atoms with Gasteiger partial charge in [0, 0.05) is 18.7 Å². The van der Waals surface area contributed by atoms with Crippen molar-refractivity contribution >= 4 is 17.7 Å². The molecule has 0 radical (unpaired) electrons. The van der Waals surface area contributed by atoms with E-state index < -0.39 is 0 Å². The van der Waals surface area contributed by atoms with Crippen LogP contribution in [0.5, 0.6) is 0 Å².